The molecule has 1 atom stereocenters. The number of aryl methyl sites for hydroxylation is 1. The lowest BCUT2D eigenvalue weighted by atomic mass is 10.1. The molecular formula is C19H27Cl2N3O2. The minimum Gasteiger partial charge on any atom is -0.441 e. The highest BCUT2D eigenvalue weighted by atomic mass is 35.5. The summed E-state index contributed by atoms with van der Waals surface area (Å²) in [6.45, 7) is 2.98. The Kier molecular flexibility index (Phi) is 10.3. The molecule has 5 nitrogen and oxygen atoms in total. The topological polar surface area (TPSA) is 67.2 Å². The van der Waals surface area contributed by atoms with Crippen molar-refractivity contribution in [1.82, 2.24) is 15.6 Å². The van der Waals surface area contributed by atoms with Gasteiger partial charge in [0.2, 0.25) is 5.91 Å². The number of carbonyl (C=O) groups is 1. The van der Waals surface area contributed by atoms with Crippen LogP contribution in [0.3, 0.4) is 0 Å². The lowest BCUT2D eigenvalue weighted by molar-refractivity contribution is -0.121. The number of benzene rings is 1. The summed E-state index contributed by atoms with van der Waals surface area (Å²) in [6.07, 6.45) is 6.01. The highest BCUT2D eigenvalue weighted by Gasteiger charge is 2.14. The number of rotatable bonds is 8. The average molecular weight is 400 g/mol. The standard InChI is InChI=1S/C19H25N3O2.2ClH/c23-18(21-12-10-15-9-11-20-13-15)7-4-8-19-22-14-17(24-19)16-5-2-1-3-6-16;;/h1-3,5-6,14-15,20H,4,7-13H2,(H,21,23);2*1H. The summed E-state index contributed by atoms with van der Waals surface area (Å²) in [5.74, 6) is 2.31. The monoisotopic (exact) mass is 399 g/mol. The molecule has 3 rings (SSSR count). The number of nitrogens with zero attached hydrogens (tertiary/aromatic N) is 1. The molecule has 1 aromatic heterocycles. The summed E-state index contributed by atoms with van der Waals surface area (Å²) in [4.78, 5) is 16.2. The van der Waals surface area contributed by atoms with Crippen LogP contribution >= 0.6 is 24.8 Å². The van der Waals surface area contributed by atoms with Gasteiger partial charge in [-0.05, 0) is 38.3 Å². The van der Waals surface area contributed by atoms with E-state index < -0.39 is 0 Å². The van der Waals surface area contributed by atoms with Crippen molar-refractivity contribution in [3.05, 3.63) is 42.4 Å². The number of halogens is 2. The average Bonchev–Trinajstić information content (AvgIpc) is 3.28. The second-order valence-electron chi connectivity index (χ2n) is 6.34. The molecule has 0 radical (unpaired) electrons. The lowest BCUT2D eigenvalue weighted by Gasteiger charge is -2.09. The van der Waals surface area contributed by atoms with Crippen LogP contribution in [0.2, 0.25) is 0 Å². The van der Waals surface area contributed by atoms with Crippen molar-refractivity contribution in [2.75, 3.05) is 19.6 Å². The zero-order chi connectivity index (χ0) is 16.6. The van der Waals surface area contributed by atoms with Crippen LogP contribution in [-0.4, -0.2) is 30.5 Å². The Morgan fingerprint density at radius 3 is 2.81 bits per heavy atom. The predicted molar refractivity (Wildman–Crippen MR) is 108 cm³/mol. The van der Waals surface area contributed by atoms with Gasteiger partial charge in [0.15, 0.2) is 11.7 Å². The van der Waals surface area contributed by atoms with Gasteiger partial charge < -0.3 is 15.1 Å². The van der Waals surface area contributed by atoms with Gasteiger partial charge in [0.1, 0.15) is 0 Å². The van der Waals surface area contributed by atoms with Crippen LogP contribution < -0.4 is 10.6 Å². The van der Waals surface area contributed by atoms with E-state index in [4.69, 9.17) is 4.42 Å². The molecular weight excluding hydrogens is 373 g/mol. The molecule has 144 valence electrons. The second kappa shape index (κ2) is 11.9. The van der Waals surface area contributed by atoms with E-state index in [0.29, 0.717) is 24.7 Å². The van der Waals surface area contributed by atoms with Crippen LogP contribution in [0.15, 0.2) is 40.9 Å². The fourth-order valence-corrected chi connectivity index (χ4v) is 3.03. The van der Waals surface area contributed by atoms with Gasteiger partial charge in [-0.2, -0.15) is 0 Å². The summed E-state index contributed by atoms with van der Waals surface area (Å²) >= 11 is 0. The molecule has 0 bridgehead atoms. The van der Waals surface area contributed by atoms with Gasteiger partial charge in [-0.1, -0.05) is 30.3 Å². The molecule has 26 heavy (non-hydrogen) atoms. The SMILES string of the molecule is Cl.Cl.O=C(CCCc1ncc(-c2ccccc2)o1)NCCC1CCNC1. The smallest absolute Gasteiger partial charge is 0.220 e. The first kappa shape index (κ1) is 22.5. The molecule has 1 fully saturated rings. The van der Waals surface area contributed by atoms with Gasteiger partial charge in [-0.15, -0.1) is 24.8 Å². The highest BCUT2D eigenvalue weighted by molar-refractivity contribution is 5.85. The zero-order valence-electron chi connectivity index (χ0n) is 14.8. The van der Waals surface area contributed by atoms with E-state index in [1.54, 1.807) is 6.20 Å². The third-order valence-corrected chi connectivity index (χ3v) is 4.44. The Hall–Kier alpha value is -1.56. The van der Waals surface area contributed by atoms with Gasteiger partial charge >= 0.3 is 0 Å². The Labute approximate surface area is 167 Å². The van der Waals surface area contributed by atoms with Crippen molar-refractivity contribution in [2.24, 2.45) is 5.92 Å². The largest absolute Gasteiger partial charge is 0.441 e. The predicted octanol–water partition coefficient (Wildman–Crippen LogP) is 3.62. The Balaban J connectivity index is 0.00000169. The fraction of sp³-hybridized carbons (Fsp3) is 0.474. The van der Waals surface area contributed by atoms with Crippen molar-refractivity contribution < 1.29 is 9.21 Å². The lowest BCUT2D eigenvalue weighted by Crippen LogP contribution is -2.26. The van der Waals surface area contributed by atoms with Gasteiger partial charge in [0.25, 0.3) is 0 Å². The van der Waals surface area contributed by atoms with Crippen LogP contribution in [-0.2, 0) is 11.2 Å². The van der Waals surface area contributed by atoms with Crippen LogP contribution in [0, 0.1) is 5.92 Å². The van der Waals surface area contributed by atoms with Crippen molar-refractivity contribution in [1.29, 1.82) is 0 Å². The number of nitrogens with one attached hydrogen (secondary N) is 2. The molecule has 2 N–H and O–H groups in total. The minimum atomic E-state index is 0. The van der Waals surface area contributed by atoms with Crippen molar-refractivity contribution in [2.45, 2.75) is 32.1 Å². The maximum Gasteiger partial charge on any atom is 0.220 e. The number of aromatic nitrogens is 1. The first-order valence-electron chi connectivity index (χ1n) is 8.79. The van der Waals surface area contributed by atoms with E-state index in [2.05, 4.69) is 15.6 Å². The summed E-state index contributed by atoms with van der Waals surface area (Å²) < 4.78 is 5.75. The van der Waals surface area contributed by atoms with E-state index in [-0.39, 0.29) is 30.7 Å². The first-order valence-corrected chi connectivity index (χ1v) is 8.79. The highest BCUT2D eigenvalue weighted by Crippen LogP contribution is 2.20. The molecule has 1 unspecified atom stereocenters. The molecule has 2 aromatic rings. The molecule has 1 aromatic carbocycles. The third kappa shape index (κ3) is 6.98. The first-order chi connectivity index (χ1) is 11.8. The van der Waals surface area contributed by atoms with Crippen LogP contribution in [0.4, 0.5) is 0 Å². The van der Waals surface area contributed by atoms with Crippen molar-refractivity contribution in [3.8, 4) is 11.3 Å². The number of oxazole rings is 1. The molecule has 0 saturated carbocycles. The van der Waals surface area contributed by atoms with Crippen LogP contribution in [0.25, 0.3) is 11.3 Å². The molecule has 0 spiro atoms. The summed E-state index contributed by atoms with van der Waals surface area (Å²) in [7, 11) is 0. The van der Waals surface area contributed by atoms with Crippen molar-refractivity contribution in [3.63, 3.8) is 0 Å². The van der Waals surface area contributed by atoms with E-state index in [9.17, 15) is 4.79 Å². The van der Waals surface area contributed by atoms with E-state index in [0.717, 1.165) is 43.8 Å². The number of amides is 1. The Morgan fingerprint density at radius 1 is 1.27 bits per heavy atom. The quantitative estimate of drug-likeness (QED) is 0.710. The molecule has 0 aliphatic carbocycles. The van der Waals surface area contributed by atoms with E-state index in [1.165, 1.54) is 6.42 Å². The zero-order valence-corrected chi connectivity index (χ0v) is 16.4. The maximum atomic E-state index is 11.9. The third-order valence-electron chi connectivity index (χ3n) is 4.44. The normalized spacial score (nSPS) is 15.8. The Morgan fingerprint density at radius 2 is 2.08 bits per heavy atom. The summed E-state index contributed by atoms with van der Waals surface area (Å²) in [6, 6.07) is 9.92. The molecule has 1 saturated heterocycles. The van der Waals surface area contributed by atoms with Gasteiger partial charge in [0.05, 0.1) is 6.20 Å². The minimum absolute atomic E-state index is 0. The van der Waals surface area contributed by atoms with Crippen LogP contribution in [0.1, 0.15) is 31.6 Å². The number of hydrogen-bond acceptors (Lipinski definition) is 4. The molecule has 2 heterocycles. The molecule has 1 aliphatic heterocycles. The molecule has 1 amide bonds. The van der Waals surface area contributed by atoms with Gasteiger partial charge in [-0.25, -0.2) is 4.98 Å². The van der Waals surface area contributed by atoms with Crippen molar-refractivity contribution >= 4 is 30.7 Å². The number of hydrogen-bond donors (Lipinski definition) is 2. The van der Waals surface area contributed by atoms with Crippen LogP contribution in [0.5, 0.6) is 0 Å². The summed E-state index contributed by atoms with van der Waals surface area (Å²) in [5, 5.41) is 6.36. The Bertz CT molecular complexity index is 643. The van der Waals surface area contributed by atoms with Gasteiger partial charge in [0, 0.05) is 24.9 Å². The maximum absolute atomic E-state index is 11.9. The fourth-order valence-electron chi connectivity index (χ4n) is 3.03. The summed E-state index contributed by atoms with van der Waals surface area (Å²) in [5.41, 5.74) is 1.02. The second-order valence-corrected chi connectivity index (χ2v) is 6.34. The number of carbonyl (C=O) groups excluding carboxylic acids is 1. The molecule has 7 heteroatoms. The van der Waals surface area contributed by atoms with E-state index >= 15 is 0 Å². The molecule has 1 aliphatic rings. The van der Waals surface area contributed by atoms with E-state index in [1.807, 2.05) is 30.3 Å². The van der Waals surface area contributed by atoms with Gasteiger partial charge in [-0.3, -0.25) is 4.79 Å².